The number of halogens is 1. The summed E-state index contributed by atoms with van der Waals surface area (Å²) in [5.74, 6) is 0. The van der Waals surface area contributed by atoms with Gasteiger partial charge in [-0.15, -0.1) is 12.4 Å². The second-order valence-corrected chi connectivity index (χ2v) is 1.45. The molecule has 2 nitrogen and oxygen atoms in total. The molecule has 3 heteroatoms. The van der Waals surface area contributed by atoms with Gasteiger partial charge in [0.2, 0.25) is 0 Å². The van der Waals surface area contributed by atoms with Crippen LogP contribution in [-0.2, 0) is 0 Å². The van der Waals surface area contributed by atoms with E-state index in [1.807, 2.05) is 12.2 Å². The van der Waals surface area contributed by atoms with Gasteiger partial charge in [-0.25, -0.2) is 5.06 Å². The van der Waals surface area contributed by atoms with Crippen LogP contribution in [0.5, 0.6) is 0 Å². The summed E-state index contributed by atoms with van der Waals surface area (Å²) in [7, 11) is 0. The molecular weight excluding hydrogens is 138 g/mol. The fourth-order valence-electron chi connectivity index (χ4n) is 0.454. The second kappa shape index (κ2) is 4.18. The zero-order chi connectivity index (χ0) is 5.82. The van der Waals surface area contributed by atoms with Crippen molar-refractivity contribution < 1.29 is 5.21 Å². The number of hydrogen-bond acceptors (Lipinski definition) is 2. The van der Waals surface area contributed by atoms with E-state index in [2.05, 4.69) is 0 Å². The topological polar surface area (TPSA) is 23.5 Å². The first-order valence-electron chi connectivity index (χ1n) is 2.38. The zero-order valence-electron chi connectivity index (χ0n) is 4.77. The molecular formula is C6H8ClNO. The van der Waals surface area contributed by atoms with Crippen molar-refractivity contribution in [1.82, 2.24) is 5.06 Å². The fourth-order valence-corrected chi connectivity index (χ4v) is 0.454. The van der Waals surface area contributed by atoms with E-state index >= 15 is 0 Å². The van der Waals surface area contributed by atoms with Crippen molar-refractivity contribution in [2.45, 2.75) is 0 Å². The van der Waals surface area contributed by atoms with Crippen LogP contribution in [0.15, 0.2) is 36.7 Å². The molecule has 0 radical (unpaired) electrons. The van der Waals surface area contributed by atoms with E-state index in [1.165, 1.54) is 0 Å². The van der Waals surface area contributed by atoms with Crippen LogP contribution in [0.2, 0.25) is 0 Å². The first-order valence-corrected chi connectivity index (χ1v) is 2.38. The number of hydrogen-bond donors (Lipinski definition) is 1. The number of hydroxylamine groups is 2. The molecule has 9 heavy (non-hydrogen) atoms. The normalized spacial score (nSPS) is 15.0. The third-order valence-electron chi connectivity index (χ3n) is 0.811. The molecule has 1 N–H and O–H groups in total. The number of nitrogens with zero attached hydrogens (tertiary/aromatic N) is 1. The molecule has 1 rings (SSSR count). The van der Waals surface area contributed by atoms with Crippen molar-refractivity contribution in [3.63, 3.8) is 0 Å². The fraction of sp³-hybridized carbons (Fsp3) is 0. The van der Waals surface area contributed by atoms with Crippen LogP contribution in [0.1, 0.15) is 0 Å². The highest BCUT2D eigenvalue weighted by atomic mass is 35.5. The Morgan fingerprint density at radius 1 is 0.889 bits per heavy atom. The summed E-state index contributed by atoms with van der Waals surface area (Å²) < 4.78 is 0. The lowest BCUT2D eigenvalue weighted by atomic mass is 10.5. The summed E-state index contributed by atoms with van der Waals surface area (Å²) >= 11 is 0. The Hall–Kier alpha value is -0.730. The Morgan fingerprint density at radius 2 is 1.33 bits per heavy atom. The summed E-state index contributed by atoms with van der Waals surface area (Å²) in [6.45, 7) is 0. The van der Waals surface area contributed by atoms with Crippen LogP contribution in [0, 0.1) is 0 Å². The first kappa shape index (κ1) is 8.27. The molecule has 0 aliphatic carbocycles. The van der Waals surface area contributed by atoms with Gasteiger partial charge in [-0.3, -0.25) is 5.21 Å². The highest BCUT2D eigenvalue weighted by Gasteiger charge is 1.81. The molecule has 0 fully saturated rings. The van der Waals surface area contributed by atoms with Gasteiger partial charge in [0, 0.05) is 12.4 Å². The van der Waals surface area contributed by atoms with Gasteiger partial charge < -0.3 is 0 Å². The van der Waals surface area contributed by atoms with Gasteiger partial charge in [-0.1, -0.05) is 12.2 Å². The van der Waals surface area contributed by atoms with E-state index in [-0.39, 0.29) is 12.4 Å². The minimum absolute atomic E-state index is 0. The minimum atomic E-state index is 0. The largest absolute Gasteiger partial charge is 0.285 e. The highest BCUT2D eigenvalue weighted by Crippen LogP contribution is 1.91. The van der Waals surface area contributed by atoms with Crippen LogP contribution in [0.3, 0.4) is 0 Å². The van der Waals surface area contributed by atoms with Crippen molar-refractivity contribution in [2.75, 3.05) is 0 Å². The lowest BCUT2D eigenvalue weighted by molar-refractivity contribution is 0.0118. The third-order valence-corrected chi connectivity index (χ3v) is 0.811. The summed E-state index contributed by atoms with van der Waals surface area (Å²) in [5, 5.41) is 9.71. The maximum Gasteiger partial charge on any atom is 0.0324 e. The van der Waals surface area contributed by atoms with Crippen molar-refractivity contribution in [2.24, 2.45) is 0 Å². The minimum Gasteiger partial charge on any atom is -0.285 e. The Kier molecular flexibility index (Phi) is 3.84. The van der Waals surface area contributed by atoms with Crippen LogP contribution in [0.25, 0.3) is 0 Å². The Bertz CT molecular complexity index is 135. The second-order valence-electron chi connectivity index (χ2n) is 1.45. The van der Waals surface area contributed by atoms with Crippen molar-refractivity contribution in [3.8, 4) is 0 Å². The molecule has 0 atom stereocenters. The van der Waals surface area contributed by atoms with Crippen molar-refractivity contribution >= 4 is 12.4 Å². The Balaban J connectivity index is 0.000000640. The van der Waals surface area contributed by atoms with E-state index in [9.17, 15) is 0 Å². The summed E-state index contributed by atoms with van der Waals surface area (Å²) in [6, 6.07) is 0. The Labute approximate surface area is 60.2 Å². The molecule has 0 saturated heterocycles. The molecule has 1 heterocycles. The van der Waals surface area contributed by atoms with E-state index in [1.54, 1.807) is 24.6 Å². The molecule has 50 valence electrons. The van der Waals surface area contributed by atoms with E-state index in [0.29, 0.717) is 0 Å². The van der Waals surface area contributed by atoms with Gasteiger partial charge in [0.15, 0.2) is 0 Å². The summed E-state index contributed by atoms with van der Waals surface area (Å²) in [5.41, 5.74) is 0. The van der Waals surface area contributed by atoms with Crippen LogP contribution in [0.4, 0.5) is 0 Å². The molecule has 0 aromatic carbocycles. The summed E-state index contributed by atoms with van der Waals surface area (Å²) in [4.78, 5) is 0. The SMILES string of the molecule is Cl.ON1C=CC=CC=C1. The average Bonchev–Trinajstić information content (AvgIpc) is 1.94. The lowest BCUT2D eigenvalue weighted by Crippen LogP contribution is -1.98. The van der Waals surface area contributed by atoms with Crippen molar-refractivity contribution in [3.05, 3.63) is 36.7 Å². The Morgan fingerprint density at radius 3 is 1.78 bits per heavy atom. The molecule has 0 bridgehead atoms. The molecule has 0 aromatic heterocycles. The van der Waals surface area contributed by atoms with Gasteiger partial charge >= 0.3 is 0 Å². The summed E-state index contributed by atoms with van der Waals surface area (Å²) in [6.07, 6.45) is 10.3. The number of rotatable bonds is 0. The highest BCUT2D eigenvalue weighted by molar-refractivity contribution is 5.85. The predicted octanol–water partition coefficient (Wildman–Crippen LogP) is 1.70. The van der Waals surface area contributed by atoms with Gasteiger partial charge in [0.25, 0.3) is 0 Å². The van der Waals surface area contributed by atoms with E-state index in [0.717, 1.165) is 5.06 Å². The molecule has 0 aromatic rings. The van der Waals surface area contributed by atoms with Crippen LogP contribution < -0.4 is 0 Å². The molecule has 0 spiro atoms. The molecule has 1 aliphatic rings. The standard InChI is InChI=1S/C6H7NO.ClH/c8-7-5-3-1-2-4-6-7;/h1-6,8H;1H. The number of allylic oxidation sites excluding steroid dienone is 4. The monoisotopic (exact) mass is 145 g/mol. The molecule has 1 aliphatic heterocycles. The quantitative estimate of drug-likeness (QED) is 0.561. The third kappa shape index (κ3) is 2.95. The maximum atomic E-state index is 8.71. The van der Waals surface area contributed by atoms with Crippen LogP contribution in [-0.4, -0.2) is 10.3 Å². The lowest BCUT2D eigenvalue weighted by Gasteiger charge is -1.99. The molecule has 0 unspecified atom stereocenters. The van der Waals surface area contributed by atoms with E-state index in [4.69, 9.17) is 5.21 Å². The predicted molar refractivity (Wildman–Crippen MR) is 38.3 cm³/mol. The van der Waals surface area contributed by atoms with Crippen LogP contribution >= 0.6 is 12.4 Å². The maximum absolute atomic E-state index is 8.71. The van der Waals surface area contributed by atoms with Gasteiger partial charge in [0.05, 0.1) is 0 Å². The van der Waals surface area contributed by atoms with Gasteiger partial charge in [-0.2, -0.15) is 0 Å². The molecule has 0 saturated carbocycles. The first-order chi connectivity index (χ1) is 3.89. The van der Waals surface area contributed by atoms with Gasteiger partial charge in [-0.05, 0) is 12.2 Å². The van der Waals surface area contributed by atoms with Crippen molar-refractivity contribution in [1.29, 1.82) is 0 Å². The van der Waals surface area contributed by atoms with Gasteiger partial charge in [0.1, 0.15) is 0 Å². The van der Waals surface area contributed by atoms with E-state index < -0.39 is 0 Å². The smallest absolute Gasteiger partial charge is 0.0324 e. The average molecular weight is 146 g/mol. The zero-order valence-corrected chi connectivity index (χ0v) is 5.58. The molecule has 0 amide bonds.